The summed E-state index contributed by atoms with van der Waals surface area (Å²) in [4.78, 5) is 24.0. The average molecular weight is 342 g/mol. The third kappa shape index (κ3) is 2.99. The highest BCUT2D eigenvalue weighted by atomic mass is 16.5. The summed E-state index contributed by atoms with van der Waals surface area (Å²) in [5.74, 6) is 0.750. The predicted octanol–water partition coefficient (Wildman–Crippen LogP) is -0.508. The number of ether oxygens (including phenoxy) is 2. The molecule has 0 amide bonds. The minimum atomic E-state index is -0.0951. The number of aromatic nitrogens is 3. The normalized spacial score (nSPS) is 20.5. The second kappa shape index (κ2) is 6.67. The lowest BCUT2D eigenvalue weighted by Crippen LogP contribution is -2.38. The molecule has 2 aromatic heterocycles. The van der Waals surface area contributed by atoms with E-state index in [2.05, 4.69) is 9.30 Å². The van der Waals surface area contributed by atoms with Gasteiger partial charge in [0, 0.05) is 37.0 Å². The number of hydrogen-bond acceptors (Lipinski definition) is 6. The Labute approximate surface area is 147 Å². The Morgan fingerprint density at radius 2 is 2.20 bits per heavy atom. The Kier molecular flexibility index (Phi) is 4.37. The van der Waals surface area contributed by atoms with Crippen molar-refractivity contribution in [3.05, 3.63) is 17.6 Å². The number of carbonyl (C=O) groups excluding carboxylic acids is 1. The molecule has 2 aromatic rings. The Balaban J connectivity index is 1.73. The van der Waals surface area contributed by atoms with E-state index in [1.54, 1.807) is 0 Å². The molecular weight excluding hydrogens is 319 g/mol. The third-order valence-electron chi connectivity index (χ3n) is 4.99. The molecule has 0 spiro atoms. The van der Waals surface area contributed by atoms with Gasteiger partial charge in [0.1, 0.15) is 0 Å². The summed E-state index contributed by atoms with van der Waals surface area (Å²) in [6.45, 7) is 5.37. The van der Waals surface area contributed by atoms with Crippen LogP contribution in [-0.2, 0) is 27.1 Å². The smallest absolute Gasteiger partial charge is 0.309 e. The van der Waals surface area contributed by atoms with Crippen molar-refractivity contribution >= 4 is 30.9 Å². The molecule has 0 N–H and O–H groups in total. The molecule has 1 aliphatic carbocycles. The molecule has 25 heavy (non-hydrogen) atoms. The Morgan fingerprint density at radius 3 is 2.96 bits per heavy atom. The van der Waals surface area contributed by atoms with Crippen LogP contribution in [0.4, 0.5) is 5.82 Å². The van der Waals surface area contributed by atoms with Gasteiger partial charge in [0.25, 0.3) is 0 Å². The summed E-state index contributed by atoms with van der Waals surface area (Å²) >= 11 is 0. The first-order valence-corrected chi connectivity index (χ1v) is 9.04. The van der Waals surface area contributed by atoms with E-state index in [0.29, 0.717) is 26.2 Å². The SMILES string of the molecule is Bc1cn2c3c(nc2c(N2CCOCC2)n1)CCC(C(=O)OCC)C3. The molecule has 0 aromatic carbocycles. The van der Waals surface area contributed by atoms with E-state index in [4.69, 9.17) is 19.4 Å². The third-order valence-corrected chi connectivity index (χ3v) is 4.99. The van der Waals surface area contributed by atoms with E-state index < -0.39 is 0 Å². The van der Waals surface area contributed by atoms with Gasteiger partial charge in [-0.15, -0.1) is 0 Å². The fourth-order valence-electron chi connectivity index (χ4n) is 3.75. The summed E-state index contributed by atoms with van der Waals surface area (Å²) < 4.78 is 12.8. The fraction of sp³-hybridized carbons (Fsp3) is 0.588. The van der Waals surface area contributed by atoms with Crippen molar-refractivity contribution < 1.29 is 14.3 Å². The largest absolute Gasteiger partial charge is 0.466 e. The number of morpholine rings is 1. The summed E-state index contributed by atoms with van der Waals surface area (Å²) in [6, 6.07) is 0. The lowest BCUT2D eigenvalue weighted by molar-refractivity contribution is -0.148. The number of carbonyl (C=O) groups is 1. The van der Waals surface area contributed by atoms with E-state index in [-0.39, 0.29) is 11.9 Å². The van der Waals surface area contributed by atoms with Crippen molar-refractivity contribution in [2.45, 2.75) is 26.2 Å². The maximum atomic E-state index is 12.2. The van der Waals surface area contributed by atoms with Gasteiger partial charge < -0.3 is 14.4 Å². The molecule has 3 heterocycles. The number of aryl methyl sites for hydroxylation is 1. The van der Waals surface area contributed by atoms with E-state index in [0.717, 1.165) is 54.4 Å². The number of imidazole rings is 1. The second-order valence-corrected chi connectivity index (χ2v) is 6.70. The average Bonchev–Trinajstić information content (AvgIpc) is 2.99. The summed E-state index contributed by atoms with van der Waals surface area (Å²) in [7, 11) is 2.00. The van der Waals surface area contributed by atoms with Crippen LogP contribution in [0, 0.1) is 5.92 Å². The molecule has 7 nitrogen and oxygen atoms in total. The van der Waals surface area contributed by atoms with Crippen molar-refractivity contribution in [3.8, 4) is 0 Å². The first kappa shape index (κ1) is 16.4. The Hall–Kier alpha value is -2.09. The van der Waals surface area contributed by atoms with Gasteiger partial charge in [0.15, 0.2) is 19.3 Å². The minimum Gasteiger partial charge on any atom is -0.466 e. The van der Waals surface area contributed by atoms with Crippen LogP contribution >= 0.6 is 0 Å². The highest BCUT2D eigenvalue weighted by molar-refractivity contribution is 6.30. The van der Waals surface area contributed by atoms with E-state index in [1.165, 1.54) is 0 Å². The van der Waals surface area contributed by atoms with Gasteiger partial charge in [-0.2, -0.15) is 0 Å². The quantitative estimate of drug-likeness (QED) is 0.553. The fourth-order valence-corrected chi connectivity index (χ4v) is 3.75. The number of fused-ring (bicyclic) bond motifs is 3. The van der Waals surface area contributed by atoms with Crippen LogP contribution < -0.4 is 10.5 Å². The first-order chi connectivity index (χ1) is 12.2. The lowest BCUT2D eigenvalue weighted by Gasteiger charge is -2.28. The maximum Gasteiger partial charge on any atom is 0.309 e. The number of hydrogen-bond donors (Lipinski definition) is 0. The first-order valence-electron chi connectivity index (χ1n) is 9.04. The molecule has 1 atom stereocenters. The Morgan fingerprint density at radius 1 is 1.40 bits per heavy atom. The van der Waals surface area contributed by atoms with Gasteiger partial charge in [0.2, 0.25) is 0 Å². The molecule has 1 fully saturated rings. The molecular formula is C17H23BN4O3. The standard InChI is InChI=1S/C17H23BN4O3/c1-2-25-17(23)11-3-4-12-13(9-11)22-10-14(18)20-15(16(22)19-12)21-5-7-24-8-6-21/h10-11H,2-9,18H2,1H3. The summed E-state index contributed by atoms with van der Waals surface area (Å²) in [5.41, 5.74) is 4.05. The number of anilines is 1. The zero-order valence-electron chi connectivity index (χ0n) is 14.8. The van der Waals surface area contributed by atoms with Crippen LogP contribution in [0.3, 0.4) is 0 Å². The molecule has 0 radical (unpaired) electrons. The van der Waals surface area contributed by atoms with E-state index >= 15 is 0 Å². The van der Waals surface area contributed by atoms with Gasteiger partial charge >= 0.3 is 5.97 Å². The van der Waals surface area contributed by atoms with Gasteiger partial charge in [0.05, 0.1) is 31.4 Å². The molecule has 0 bridgehead atoms. The summed E-state index contributed by atoms with van der Waals surface area (Å²) in [5, 5.41) is 0. The van der Waals surface area contributed by atoms with E-state index in [1.807, 2.05) is 21.0 Å². The molecule has 4 rings (SSSR count). The monoisotopic (exact) mass is 342 g/mol. The highest BCUT2D eigenvalue weighted by Crippen LogP contribution is 2.29. The van der Waals surface area contributed by atoms with Crippen LogP contribution in [0.1, 0.15) is 24.7 Å². The molecule has 132 valence electrons. The molecule has 1 unspecified atom stereocenters. The highest BCUT2D eigenvalue weighted by Gasteiger charge is 2.30. The molecule has 0 saturated carbocycles. The summed E-state index contributed by atoms with van der Waals surface area (Å²) in [6.07, 6.45) is 4.32. The van der Waals surface area contributed by atoms with E-state index in [9.17, 15) is 4.79 Å². The topological polar surface area (TPSA) is 69.0 Å². The van der Waals surface area contributed by atoms with Crippen LogP contribution in [-0.4, -0.2) is 61.1 Å². The lowest BCUT2D eigenvalue weighted by atomic mass is 9.90. The molecule has 2 aliphatic rings. The van der Waals surface area contributed by atoms with Crippen molar-refractivity contribution in [2.75, 3.05) is 37.8 Å². The van der Waals surface area contributed by atoms with Crippen molar-refractivity contribution in [1.82, 2.24) is 14.4 Å². The van der Waals surface area contributed by atoms with Crippen LogP contribution in [0.15, 0.2) is 6.20 Å². The molecule has 1 saturated heterocycles. The van der Waals surface area contributed by atoms with Crippen molar-refractivity contribution in [2.24, 2.45) is 5.92 Å². The van der Waals surface area contributed by atoms with Crippen molar-refractivity contribution in [3.63, 3.8) is 0 Å². The van der Waals surface area contributed by atoms with Gasteiger partial charge in [-0.1, -0.05) is 0 Å². The number of rotatable bonds is 3. The van der Waals surface area contributed by atoms with Crippen LogP contribution in [0.5, 0.6) is 0 Å². The second-order valence-electron chi connectivity index (χ2n) is 6.70. The number of esters is 1. The van der Waals surface area contributed by atoms with Crippen LogP contribution in [0.2, 0.25) is 0 Å². The predicted molar refractivity (Wildman–Crippen MR) is 96.3 cm³/mol. The van der Waals surface area contributed by atoms with Crippen molar-refractivity contribution in [1.29, 1.82) is 0 Å². The number of nitrogens with zero attached hydrogens (tertiary/aromatic N) is 4. The molecule has 8 heteroatoms. The van der Waals surface area contributed by atoms with Gasteiger partial charge in [-0.3, -0.25) is 9.20 Å². The maximum absolute atomic E-state index is 12.2. The molecule has 1 aliphatic heterocycles. The zero-order valence-corrected chi connectivity index (χ0v) is 14.8. The Bertz CT molecular complexity index is 801. The van der Waals surface area contributed by atoms with Gasteiger partial charge in [-0.25, -0.2) is 9.97 Å². The minimum absolute atomic E-state index is 0.0762. The van der Waals surface area contributed by atoms with Crippen LogP contribution in [0.25, 0.3) is 5.65 Å². The zero-order chi connectivity index (χ0) is 17.4. The van der Waals surface area contributed by atoms with Gasteiger partial charge in [-0.05, 0) is 19.8 Å².